The molecule has 104 valence electrons. The number of benzene rings is 1. The summed E-state index contributed by atoms with van der Waals surface area (Å²) in [5.74, 6) is -1.83. The number of carbonyl (C=O) groups excluding carboxylic acids is 2. The fourth-order valence-electron chi connectivity index (χ4n) is 1.51. The van der Waals surface area contributed by atoms with E-state index in [9.17, 15) is 14.0 Å². The molecule has 0 fully saturated rings. The van der Waals surface area contributed by atoms with Gasteiger partial charge in [-0.1, -0.05) is 0 Å². The average Bonchev–Trinajstić information content (AvgIpc) is 2.38. The van der Waals surface area contributed by atoms with Crippen molar-refractivity contribution in [2.75, 3.05) is 19.5 Å². The highest BCUT2D eigenvalue weighted by Crippen LogP contribution is 2.18. The Kier molecular flexibility index (Phi) is 5.29. The minimum Gasteiger partial charge on any atom is -0.469 e. The van der Waals surface area contributed by atoms with Crippen molar-refractivity contribution in [2.45, 2.75) is 19.8 Å². The molecule has 0 saturated carbocycles. The fraction of sp³-hybridized carbons (Fsp3) is 0.385. The van der Waals surface area contributed by atoms with Crippen LogP contribution in [-0.2, 0) is 14.3 Å². The van der Waals surface area contributed by atoms with Crippen molar-refractivity contribution >= 4 is 17.6 Å². The number of hydrogen-bond acceptors (Lipinski definition) is 5. The van der Waals surface area contributed by atoms with E-state index < -0.39 is 11.8 Å². The van der Waals surface area contributed by atoms with Crippen molar-refractivity contribution in [1.82, 2.24) is 0 Å². The number of rotatable bonds is 5. The third-order valence-corrected chi connectivity index (χ3v) is 2.48. The Hall–Kier alpha value is -2.11. The third kappa shape index (κ3) is 4.24. The monoisotopic (exact) mass is 269 g/mol. The molecule has 0 heterocycles. The number of halogens is 1. The van der Waals surface area contributed by atoms with E-state index in [0.29, 0.717) is 12.1 Å². The molecule has 5 nitrogen and oxygen atoms in total. The van der Waals surface area contributed by atoms with Gasteiger partial charge in [-0.15, -0.1) is 0 Å². The van der Waals surface area contributed by atoms with Crippen LogP contribution in [0.15, 0.2) is 12.1 Å². The Labute approximate surface area is 110 Å². The quantitative estimate of drug-likeness (QED) is 0.501. The lowest BCUT2D eigenvalue weighted by atomic mass is 10.1. The molecule has 1 aromatic carbocycles. The first-order chi connectivity index (χ1) is 8.95. The highest BCUT2D eigenvalue weighted by Gasteiger charge is 2.16. The number of hydrogen-bond donors (Lipinski definition) is 1. The number of nitrogens with two attached hydrogens (primary N) is 1. The van der Waals surface area contributed by atoms with Gasteiger partial charge in [0.1, 0.15) is 5.82 Å². The van der Waals surface area contributed by atoms with E-state index in [-0.39, 0.29) is 30.1 Å². The number of ether oxygens (including phenoxy) is 2. The zero-order valence-corrected chi connectivity index (χ0v) is 10.9. The van der Waals surface area contributed by atoms with Crippen LogP contribution >= 0.6 is 0 Å². The molecule has 0 saturated heterocycles. The van der Waals surface area contributed by atoms with Crippen molar-refractivity contribution in [3.05, 3.63) is 29.1 Å². The molecule has 6 heteroatoms. The van der Waals surface area contributed by atoms with Crippen molar-refractivity contribution in [3.63, 3.8) is 0 Å². The predicted molar refractivity (Wildman–Crippen MR) is 67.1 cm³/mol. The number of anilines is 1. The van der Waals surface area contributed by atoms with Crippen LogP contribution in [0.25, 0.3) is 0 Å². The molecule has 0 atom stereocenters. The first-order valence-electron chi connectivity index (χ1n) is 5.75. The summed E-state index contributed by atoms with van der Waals surface area (Å²) in [7, 11) is 1.28. The number of carbonyl (C=O) groups is 2. The van der Waals surface area contributed by atoms with Gasteiger partial charge in [0.15, 0.2) is 0 Å². The predicted octanol–water partition coefficient (Wildman–Crippen LogP) is 1.83. The molecule has 19 heavy (non-hydrogen) atoms. The molecule has 1 rings (SSSR count). The Bertz CT molecular complexity index is 488. The topological polar surface area (TPSA) is 78.6 Å². The molecule has 0 aliphatic heterocycles. The van der Waals surface area contributed by atoms with Crippen molar-refractivity contribution < 1.29 is 23.5 Å². The van der Waals surface area contributed by atoms with Gasteiger partial charge in [-0.25, -0.2) is 9.18 Å². The molecule has 0 aromatic heterocycles. The lowest BCUT2D eigenvalue weighted by Crippen LogP contribution is -2.11. The second-order valence-electron chi connectivity index (χ2n) is 4.01. The summed E-state index contributed by atoms with van der Waals surface area (Å²) in [6.45, 7) is 1.53. The Morgan fingerprint density at radius 3 is 2.68 bits per heavy atom. The zero-order chi connectivity index (χ0) is 14.4. The van der Waals surface area contributed by atoms with Gasteiger partial charge in [0.05, 0.1) is 19.3 Å². The largest absolute Gasteiger partial charge is 0.469 e. The highest BCUT2D eigenvalue weighted by molar-refractivity contribution is 5.91. The summed E-state index contributed by atoms with van der Waals surface area (Å²) in [4.78, 5) is 22.5. The summed E-state index contributed by atoms with van der Waals surface area (Å²) in [6, 6.07) is 2.66. The van der Waals surface area contributed by atoms with Gasteiger partial charge in [0.2, 0.25) is 0 Å². The third-order valence-electron chi connectivity index (χ3n) is 2.48. The smallest absolute Gasteiger partial charge is 0.341 e. The molecule has 0 aliphatic rings. The summed E-state index contributed by atoms with van der Waals surface area (Å²) < 4.78 is 23.0. The zero-order valence-electron chi connectivity index (χ0n) is 10.9. The summed E-state index contributed by atoms with van der Waals surface area (Å²) >= 11 is 0. The molecule has 0 aliphatic carbocycles. The van der Waals surface area contributed by atoms with Crippen LogP contribution in [0.5, 0.6) is 0 Å². The summed E-state index contributed by atoms with van der Waals surface area (Å²) in [5.41, 5.74) is 5.92. The highest BCUT2D eigenvalue weighted by atomic mass is 19.1. The molecular formula is C13H16FNO4. The van der Waals surface area contributed by atoms with Gasteiger partial charge in [-0.2, -0.15) is 0 Å². The van der Waals surface area contributed by atoms with E-state index in [1.165, 1.54) is 26.2 Å². The normalized spacial score (nSPS) is 10.1. The first kappa shape index (κ1) is 14.9. The van der Waals surface area contributed by atoms with Gasteiger partial charge in [0, 0.05) is 12.1 Å². The van der Waals surface area contributed by atoms with Crippen LogP contribution in [0.1, 0.15) is 28.8 Å². The Morgan fingerprint density at radius 2 is 2.05 bits per heavy atom. The minimum atomic E-state index is -0.794. The second kappa shape index (κ2) is 6.72. The van der Waals surface area contributed by atoms with Crippen LogP contribution in [0.4, 0.5) is 10.1 Å². The molecule has 2 N–H and O–H groups in total. The first-order valence-corrected chi connectivity index (χ1v) is 5.75. The number of nitrogen functional groups attached to an aromatic ring is 1. The van der Waals surface area contributed by atoms with E-state index in [4.69, 9.17) is 10.5 Å². The van der Waals surface area contributed by atoms with Crippen LogP contribution in [0, 0.1) is 12.7 Å². The molecule has 0 unspecified atom stereocenters. The standard InChI is InChI=1S/C13H16FNO4/c1-8-6-9(15)7-10(12(8)14)13(17)19-5-3-4-11(16)18-2/h6-7H,3-5,15H2,1-2H3. The lowest BCUT2D eigenvalue weighted by Gasteiger charge is -2.08. The molecule has 0 radical (unpaired) electrons. The molecule has 0 spiro atoms. The Morgan fingerprint density at radius 1 is 1.37 bits per heavy atom. The van der Waals surface area contributed by atoms with Gasteiger partial charge in [-0.05, 0) is 31.0 Å². The summed E-state index contributed by atoms with van der Waals surface area (Å²) in [6.07, 6.45) is 0.462. The van der Waals surface area contributed by atoms with Crippen molar-refractivity contribution in [1.29, 1.82) is 0 Å². The van der Waals surface area contributed by atoms with Gasteiger partial charge < -0.3 is 15.2 Å². The van der Waals surface area contributed by atoms with Crippen LogP contribution in [-0.4, -0.2) is 25.7 Å². The number of methoxy groups -OCH3 is 1. The fourth-order valence-corrected chi connectivity index (χ4v) is 1.51. The van der Waals surface area contributed by atoms with E-state index >= 15 is 0 Å². The second-order valence-corrected chi connectivity index (χ2v) is 4.01. The van der Waals surface area contributed by atoms with Gasteiger partial charge in [-0.3, -0.25) is 4.79 Å². The maximum atomic E-state index is 13.7. The van der Waals surface area contributed by atoms with E-state index in [2.05, 4.69) is 4.74 Å². The molecule has 1 aromatic rings. The van der Waals surface area contributed by atoms with E-state index in [1.54, 1.807) is 0 Å². The molecule has 0 bridgehead atoms. The van der Waals surface area contributed by atoms with Crippen molar-refractivity contribution in [3.8, 4) is 0 Å². The van der Waals surface area contributed by atoms with Crippen LogP contribution in [0.2, 0.25) is 0 Å². The Balaban J connectivity index is 2.57. The van der Waals surface area contributed by atoms with Gasteiger partial charge >= 0.3 is 11.9 Å². The van der Waals surface area contributed by atoms with E-state index in [0.717, 1.165) is 0 Å². The SMILES string of the molecule is COC(=O)CCCOC(=O)c1cc(N)cc(C)c1F. The number of aryl methyl sites for hydroxylation is 1. The van der Waals surface area contributed by atoms with Crippen molar-refractivity contribution in [2.24, 2.45) is 0 Å². The lowest BCUT2D eigenvalue weighted by molar-refractivity contribution is -0.140. The average molecular weight is 269 g/mol. The van der Waals surface area contributed by atoms with E-state index in [1.807, 2.05) is 0 Å². The minimum absolute atomic E-state index is 0.0151. The summed E-state index contributed by atoms with van der Waals surface area (Å²) in [5, 5.41) is 0. The van der Waals surface area contributed by atoms with Crippen LogP contribution in [0.3, 0.4) is 0 Å². The van der Waals surface area contributed by atoms with Gasteiger partial charge in [0.25, 0.3) is 0 Å². The van der Waals surface area contributed by atoms with Crippen LogP contribution < -0.4 is 5.73 Å². The maximum Gasteiger partial charge on any atom is 0.341 e. The number of esters is 2. The maximum absolute atomic E-state index is 13.7. The molecule has 0 amide bonds. The molecular weight excluding hydrogens is 253 g/mol.